The fraction of sp³-hybridized carbons (Fsp3) is 0.467. The summed E-state index contributed by atoms with van der Waals surface area (Å²) in [7, 11) is 4.08. The van der Waals surface area contributed by atoms with Crippen molar-refractivity contribution < 1.29 is 48.1 Å². The van der Waals surface area contributed by atoms with Gasteiger partial charge in [-0.3, -0.25) is 28.9 Å². The van der Waals surface area contributed by atoms with E-state index in [2.05, 4.69) is 0 Å². The van der Waals surface area contributed by atoms with Crippen molar-refractivity contribution in [3.05, 3.63) is 56.6 Å². The number of hydrogen-bond donors (Lipinski definition) is 1. The van der Waals surface area contributed by atoms with Crippen molar-refractivity contribution in [2.24, 2.45) is 0 Å². The summed E-state index contributed by atoms with van der Waals surface area (Å²) in [6.07, 6.45) is -0.242. The summed E-state index contributed by atoms with van der Waals surface area (Å²) in [5, 5.41) is 11.4. The van der Waals surface area contributed by atoms with Crippen LogP contribution < -0.4 is 0 Å². The average molecular weight is 581 g/mol. The maximum Gasteiger partial charge on any atom is 0.333 e. The molecule has 0 aromatic rings. The smallest absolute Gasteiger partial charge is 0.333 e. The van der Waals surface area contributed by atoms with Gasteiger partial charge in [0.2, 0.25) is 17.5 Å². The van der Waals surface area contributed by atoms with Gasteiger partial charge in [0.15, 0.2) is 23.1 Å². The van der Waals surface area contributed by atoms with Crippen LogP contribution in [0.15, 0.2) is 56.6 Å². The number of Topliss-reactive ketones (excluding diaryl/α,β-unsaturated/α-hetero) is 4. The molecule has 2 bridgehead atoms. The highest BCUT2D eigenvalue weighted by Crippen LogP contribution is 2.47. The van der Waals surface area contributed by atoms with Gasteiger partial charge in [-0.05, 0) is 41.2 Å². The van der Waals surface area contributed by atoms with Crippen LogP contribution in [0.3, 0.4) is 0 Å². The van der Waals surface area contributed by atoms with Gasteiger partial charge in [0.05, 0.1) is 32.3 Å². The minimum absolute atomic E-state index is 0.0194. The Bertz CT molecular complexity index is 1540. The molecule has 0 spiro atoms. The van der Waals surface area contributed by atoms with Gasteiger partial charge in [0, 0.05) is 39.0 Å². The van der Waals surface area contributed by atoms with Crippen molar-refractivity contribution >= 4 is 35.0 Å². The molecule has 5 atom stereocenters. The number of methoxy groups -OCH3 is 2. The second-order valence-electron chi connectivity index (χ2n) is 11.0. The zero-order valence-corrected chi connectivity index (χ0v) is 24.4. The lowest BCUT2D eigenvalue weighted by molar-refractivity contribution is -0.164. The first-order chi connectivity index (χ1) is 19.8. The van der Waals surface area contributed by atoms with Crippen LogP contribution in [0.4, 0.5) is 0 Å². The van der Waals surface area contributed by atoms with E-state index >= 15 is 0 Å². The molecular weight excluding hydrogens is 548 g/mol. The van der Waals surface area contributed by atoms with Gasteiger partial charge in [-0.1, -0.05) is 6.08 Å². The Hall–Kier alpha value is -4.16. The highest BCUT2D eigenvalue weighted by molar-refractivity contribution is 6.27. The summed E-state index contributed by atoms with van der Waals surface area (Å²) in [5.41, 5.74) is 0.281. The minimum atomic E-state index is -1.66. The molecular formula is C30H32N2O10. The molecule has 222 valence electrons. The van der Waals surface area contributed by atoms with E-state index in [1.54, 1.807) is 27.0 Å². The summed E-state index contributed by atoms with van der Waals surface area (Å²) < 4.78 is 16.1. The molecule has 2 aliphatic carbocycles. The van der Waals surface area contributed by atoms with Gasteiger partial charge >= 0.3 is 5.97 Å². The van der Waals surface area contributed by atoms with Crippen molar-refractivity contribution in [2.75, 3.05) is 27.9 Å². The molecule has 5 rings (SSSR count). The zero-order valence-electron chi connectivity index (χ0n) is 24.4. The second kappa shape index (κ2) is 10.3. The van der Waals surface area contributed by atoms with E-state index in [4.69, 9.17) is 14.2 Å². The highest BCUT2D eigenvalue weighted by Gasteiger charge is 2.62. The molecule has 1 fully saturated rings. The number of nitrogens with zero attached hydrogens (tertiary/aromatic N) is 2. The average Bonchev–Trinajstić information content (AvgIpc) is 2.96. The molecule has 1 saturated heterocycles. The first kappa shape index (κ1) is 29.3. The number of hydrogen-bond acceptors (Lipinski definition) is 11. The standard InChI is InChI=1S/C30H32N2O10/c1-8-11(2)30(39)42-10-16-17-14(22(33)12(3)27(40-6)25(17)36)9-15-20-18-19(23(34)13(4)28(41-7)26(18)37)24(35)21(31(20)5)29(38)32(15)16/h8,15-16,20-21,24,35H,9-10H2,1-7H3/b11-8-/t15-,16+,20-,21?,24-/m1/s1. The van der Waals surface area contributed by atoms with E-state index in [1.807, 2.05) is 0 Å². The Morgan fingerprint density at radius 1 is 0.905 bits per heavy atom. The molecule has 42 heavy (non-hydrogen) atoms. The zero-order chi connectivity index (χ0) is 30.9. The summed E-state index contributed by atoms with van der Waals surface area (Å²) in [4.78, 5) is 84.3. The Balaban J connectivity index is 1.71. The molecule has 12 heteroatoms. The Morgan fingerprint density at radius 2 is 1.48 bits per heavy atom. The van der Waals surface area contributed by atoms with E-state index in [0.29, 0.717) is 5.57 Å². The number of ketones is 4. The van der Waals surface area contributed by atoms with Gasteiger partial charge in [-0.2, -0.15) is 0 Å². The third-order valence-corrected chi connectivity index (χ3v) is 9.01. The number of carbonyl (C=O) groups excluding carboxylic acids is 6. The largest absolute Gasteiger partial charge is 0.492 e. The SMILES string of the molecule is C/C=C(/C)C(=O)OC[C@H]1C2=C(C[C@@H]3[C@@H]4C5=C(C(=O)C(C)=C(OC)C5=O)[C@@H](O)C(C(=O)N31)N4C)C(=O)C(C)=C(OC)C2=O. The van der Waals surface area contributed by atoms with Gasteiger partial charge in [0.1, 0.15) is 18.8 Å². The molecule has 0 aromatic carbocycles. The molecule has 12 nitrogen and oxygen atoms in total. The van der Waals surface area contributed by atoms with E-state index in [9.17, 15) is 33.9 Å². The van der Waals surface area contributed by atoms with E-state index < -0.39 is 71.9 Å². The fourth-order valence-corrected chi connectivity index (χ4v) is 6.85. The molecule has 5 aliphatic rings. The Morgan fingerprint density at radius 3 is 2.05 bits per heavy atom. The Labute approximate surface area is 241 Å². The van der Waals surface area contributed by atoms with Crippen LogP contribution in [0.2, 0.25) is 0 Å². The molecule has 1 N–H and O–H groups in total. The highest BCUT2D eigenvalue weighted by atomic mass is 16.5. The van der Waals surface area contributed by atoms with Crippen molar-refractivity contribution in [3.63, 3.8) is 0 Å². The van der Waals surface area contributed by atoms with Crippen LogP contribution in [0.5, 0.6) is 0 Å². The number of fused-ring (bicyclic) bond motifs is 5. The van der Waals surface area contributed by atoms with E-state index in [1.165, 1.54) is 37.9 Å². The molecule has 1 amide bonds. The number of amides is 1. The third kappa shape index (κ3) is 3.81. The summed E-state index contributed by atoms with van der Waals surface area (Å²) in [5.74, 6) is -3.97. The minimum Gasteiger partial charge on any atom is -0.492 e. The topological polar surface area (TPSA) is 157 Å². The molecule has 0 saturated carbocycles. The number of esters is 1. The lowest BCUT2D eigenvalue weighted by Crippen LogP contribution is -2.75. The van der Waals surface area contributed by atoms with Crippen LogP contribution in [-0.2, 0) is 43.0 Å². The monoisotopic (exact) mass is 580 g/mol. The maximum absolute atomic E-state index is 14.2. The number of ether oxygens (including phenoxy) is 3. The second-order valence-corrected chi connectivity index (χ2v) is 11.0. The summed E-state index contributed by atoms with van der Waals surface area (Å²) >= 11 is 0. The predicted octanol–water partition coefficient (Wildman–Crippen LogP) is 0.260. The van der Waals surface area contributed by atoms with E-state index in [-0.39, 0.29) is 51.4 Å². The molecule has 0 radical (unpaired) electrons. The quantitative estimate of drug-likeness (QED) is 0.270. The fourth-order valence-electron chi connectivity index (χ4n) is 6.85. The first-order valence-corrected chi connectivity index (χ1v) is 13.5. The first-order valence-electron chi connectivity index (χ1n) is 13.5. The number of piperazine rings is 1. The van der Waals surface area contributed by atoms with Crippen LogP contribution >= 0.6 is 0 Å². The van der Waals surface area contributed by atoms with Crippen molar-refractivity contribution in [3.8, 4) is 0 Å². The van der Waals surface area contributed by atoms with Gasteiger partial charge in [-0.15, -0.1) is 0 Å². The normalized spacial score (nSPS) is 30.1. The number of carbonyl (C=O) groups is 6. The lowest BCUT2D eigenvalue weighted by atomic mass is 9.68. The summed E-state index contributed by atoms with van der Waals surface area (Å²) in [6.45, 7) is 5.61. The number of aliphatic hydroxyl groups is 1. The number of aliphatic hydroxyl groups excluding tert-OH is 1. The van der Waals surface area contributed by atoms with Gasteiger partial charge in [0.25, 0.3) is 0 Å². The van der Waals surface area contributed by atoms with Crippen LogP contribution in [0.25, 0.3) is 0 Å². The van der Waals surface area contributed by atoms with Crippen molar-refractivity contribution in [1.29, 1.82) is 0 Å². The van der Waals surface area contributed by atoms with Crippen molar-refractivity contribution in [1.82, 2.24) is 9.80 Å². The maximum atomic E-state index is 14.2. The third-order valence-electron chi connectivity index (χ3n) is 9.01. The molecule has 3 aliphatic heterocycles. The number of allylic oxidation sites excluding steroid dienone is 5. The summed E-state index contributed by atoms with van der Waals surface area (Å²) in [6, 6.07) is -4.38. The number of rotatable bonds is 5. The van der Waals surface area contributed by atoms with Crippen LogP contribution in [0.1, 0.15) is 34.1 Å². The van der Waals surface area contributed by atoms with Crippen LogP contribution in [-0.4, -0.2) is 108 Å². The molecule has 1 unspecified atom stereocenters. The number of likely N-dealkylation sites (N-methyl/N-ethyl adjacent to an activating group) is 1. The molecule has 3 heterocycles. The van der Waals surface area contributed by atoms with Crippen molar-refractivity contribution in [2.45, 2.75) is 64.4 Å². The van der Waals surface area contributed by atoms with E-state index in [0.717, 1.165) is 0 Å². The Kier molecular flexibility index (Phi) is 7.18. The van der Waals surface area contributed by atoms with Crippen LogP contribution in [0, 0.1) is 0 Å². The lowest BCUT2D eigenvalue weighted by Gasteiger charge is -2.58. The van der Waals surface area contributed by atoms with Gasteiger partial charge in [-0.25, -0.2) is 4.79 Å². The van der Waals surface area contributed by atoms with Gasteiger partial charge < -0.3 is 24.2 Å². The molecule has 0 aromatic heterocycles. The predicted molar refractivity (Wildman–Crippen MR) is 144 cm³/mol.